The number of nitrogens with zero attached hydrogens (tertiary/aromatic N) is 2. The van der Waals surface area contributed by atoms with Crippen LogP contribution in [0, 0.1) is 0 Å². The zero-order valence-electron chi connectivity index (χ0n) is 25.6. The SMILES string of the molecule is CN(C)S(=O)(=O)c1cccc(OC[C@@H](O)CNC2COC3(CCN(S(=O)(=O)c4cccc(-c5ccc(CN)cc5)c4)CC3)C2)c1. The molecule has 13 heteroatoms. The molecule has 2 fully saturated rings. The normalized spacial score (nSPS) is 19.6. The van der Waals surface area contributed by atoms with Gasteiger partial charge >= 0.3 is 0 Å². The highest BCUT2D eigenvalue weighted by Crippen LogP contribution is 2.37. The highest BCUT2D eigenvalue weighted by atomic mass is 32.2. The van der Waals surface area contributed by atoms with Crippen molar-refractivity contribution in [1.82, 2.24) is 13.9 Å². The summed E-state index contributed by atoms with van der Waals surface area (Å²) in [7, 11) is -4.33. The molecule has 5 rings (SSSR count). The average molecular weight is 659 g/mol. The van der Waals surface area contributed by atoms with Crippen LogP contribution in [-0.2, 0) is 31.3 Å². The fourth-order valence-corrected chi connectivity index (χ4v) is 8.19. The third-order valence-electron chi connectivity index (χ3n) is 8.51. The van der Waals surface area contributed by atoms with Crippen molar-refractivity contribution < 1.29 is 31.4 Å². The van der Waals surface area contributed by atoms with Crippen molar-refractivity contribution in [2.75, 3.05) is 46.9 Å². The molecule has 2 aliphatic rings. The molecule has 244 valence electrons. The second kappa shape index (κ2) is 13.9. The minimum Gasteiger partial charge on any atom is -0.491 e. The average Bonchev–Trinajstić information content (AvgIpc) is 3.45. The second-order valence-electron chi connectivity index (χ2n) is 11.9. The van der Waals surface area contributed by atoms with Crippen LogP contribution in [0.1, 0.15) is 24.8 Å². The summed E-state index contributed by atoms with van der Waals surface area (Å²) in [5.41, 5.74) is 8.07. The Labute approximate surface area is 266 Å². The maximum Gasteiger partial charge on any atom is 0.243 e. The van der Waals surface area contributed by atoms with Crippen molar-refractivity contribution in [2.45, 2.75) is 53.3 Å². The molecule has 3 aromatic carbocycles. The molecular formula is C32H42N4O7S2. The van der Waals surface area contributed by atoms with Gasteiger partial charge in [0.1, 0.15) is 18.5 Å². The topological polar surface area (TPSA) is 152 Å². The van der Waals surface area contributed by atoms with E-state index in [0.717, 1.165) is 21.0 Å². The number of ether oxygens (including phenoxy) is 2. The number of sulfonamides is 2. The lowest BCUT2D eigenvalue weighted by molar-refractivity contribution is -0.0312. The number of rotatable bonds is 12. The molecule has 0 aliphatic carbocycles. The Morgan fingerprint density at radius 1 is 1.00 bits per heavy atom. The molecule has 11 nitrogen and oxygen atoms in total. The Morgan fingerprint density at radius 3 is 2.38 bits per heavy atom. The van der Waals surface area contributed by atoms with Gasteiger partial charge in [0, 0.05) is 52.4 Å². The predicted molar refractivity (Wildman–Crippen MR) is 172 cm³/mol. The lowest BCUT2D eigenvalue weighted by Gasteiger charge is -2.38. The van der Waals surface area contributed by atoms with Gasteiger partial charge in [0.2, 0.25) is 20.0 Å². The van der Waals surface area contributed by atoms with Gasteiger partial charge in [-0.25, -0.2) is 21.1 Å². The number of nitrogens with one attached hydrogen (secondary N) is 1. The Hall–Kier alpha value is -2.88. The maximum atomic E-state index is 13.6. The molecule has 1 spiro atoms. The van der Waals surface area contributed by atoms with E-state index in [1.807, 2.05) is 30.3 Å². The molecule has 0 amide bonds. The monoisotopic (exact) mass is 658 g/mol. The molecule has 2 aliphatic heterocycles. The van der Waals surface area contributed by atoms with Crippen molar-refractivity contribution in [1.29, 1.82) is 0 Å². The molecular weight excluding hydrogens is 617 g/mol. The van der Waals surface area contributed by atoms with Gasteiger partial charge in [-0.3, -0.25) is 0 Å². The van der Waals surface area contributed by atoms with Crippen LogP contribution < -0.4 is 15.8 Å². The van der Waals surface area contributed by atoms with E-state index in [1.54, 1.807) is 34.6 Å². The standard InChI is InChI=1S/C32H42N4O7S2/c1-35(2)44(38,39)31-8-4-6-29(18-31)42-23-28(37)21-34-27-19-32(43-22-27)13-15-36(16-14-32)45(40,41)30-7-3-5-26(17-30)25-11-9-24(20-33)10-12-25/h3-12,17-18,27-28,34,37H,13-16,19-23,33H2,1-2H3/t27?,28-/m0/s1. The van der Waals surface area contributed by atoms with E-state index in [4.69, 9.17) is 15.2 Å². The molecule has 0 radical (unpaired) electrons. The molecule has 2 saturated heterocycles. The number of benzene rings is 3. The van der Waals surface area contributed by atoms with Crippen LogP contribution in [0.5, 0.6) is 5.75 Å². The van der Waals surface area contributed by atoms with E-state index in [1.165, 1.54) is 26.2 Å². The van der Waals surface area contributed by atoms with Crippen LogP contribution in [0.15, 0.2) is 82.6 Å². The van der Waals surface area contributed by atoms with E-state index in [-0.39, 0.29) is 29.0 Å². The van der Waals surface area contributed by atoms with E-state index < -0.39 is 31.8 Å². The lowest BCUT2D eigenvalue weighted by atomic mass is 9.88. The molecule has 0 aromatic heterocycles. The van der Waals surface area contributed by atoms with E-state index >= 15 is 0 Å². The summed E-state index contributed by atoms with van der Waals surface area (Å²) in [5, 5.41) is 13.8. The van der Waals surface area contributed by atoms with E-state index in [9.17, 15) is 21.9 Å². The van der Waals surface area contributed by atoms with Crippen molar-refractivity contribution >= 4 is 20.0 Å². The maximum absolute atomic E-state index is 13.6. The van der Waals surface area contributed by atoms with E-state index in [0.29, 0.717) is 51.3 Å². The molecule has 1 unspecified atom stereocenters. The fourth-order valence-electron chi connectivity index (χ4n) is 5.77. The zero-order chi connectivity index (χ0) is 32.2. The third kappa shape index (κ3) is 7.75. The first-order valence-corrected chi connectivity index (χ1v) is 17.9. The van der Waals surface area contributed by atoms with Gasteiger partial charge in [0.25, 0.3) is 0 Å². The Morgan fingerprint density at radius 2 is 1.69 bits per heavy atom. The molecule has 45 heavy (non-hydrogen) atoms. The van der Waals surface area contributed by atoms with Crippen molar-refractivity contribution in [3.8, 4) is 16.9 Å². The predicted octanol–water partition coefficient (Wildman–Crippen LogP) is 2.40. The number of aliphatic hydroxyl groups is 1. The van der Waals surface area contributed by atoms with Crippen molar-refractivity contribution in [3.05, 3.63) is 78.4 Å². The van der Waals surface area contributed by atoms with Gasteiger partial charge < -0.3 is 25.6 Å². The largest absolute Gasteiger partial charge is 0.491 e. The van der Waals surface area contributed by atoms with Gasteiger partial charge in [0.15, 0.2) is 0 Å². The van der Waals surface area contributed by atoms with Gasteiger partial charge in [-0.05, 0) is 60.2 Å². The molecule has 2 atom stereocenters. The summed E-state index contributed by atoms with van der Waals surface area (Å²) in [6, 6.07) is 21.0. The Kier molecular flexibility index (Phi) is 10.3. The third-order valence-corrected chi connectivity index (χ3v) is 12.2. The Bertz CT molecular complexity index is 1670. The lowest BCUT2D eigenvalue weighted by Crippen LogP contribution is -2.47. The molecule has 2 heterocycles. The van der Waals surface area contributed by atoms with Crippen molar-refractivity contribution in [2.24, 2.45) is 5.73 Å². The second-order valence-corrected chi connectivity index (χ2v) is 16.0. The summed E-state index contributed by atoms with van der Waals surface area (Å²) in [6.07, 6.45) is 1.06. The van der Waals surface area contributed by atoms with Gasteiger partial charge in [-0.2, -0.15) is 4.31 Å². The first-order valence-electron chi connectivity index (χ1n) is 15.0. The fraction of sp³-hybridized carbons (Fsp3) is 0.438. The van der Waals surface area contributed by atoms with Crippen LogP contribution in [0.3, 0.4) is 0 Å². The minimum absolute atomic E-state index is 0.00971. The van der Waals surface area contributed by atoms with Crippen LogP contribution in [-0.4, -0.2) is 95.2 Å². The summed E-state index contributed by atoms with van der Waals surface area (Å²) in [5.74, 6) is 0.356. The van der Waals surface area contributed by atoms with Crippen molar-refractivity contribution in [3.63, 3.8) is 0 Å². The summed E-state index contributed by atoms with van der Waals surface area (Å²) < 4.78 is 66.4. The quantitative estimate of drug-likeness (QED) is 0.267. The van der Waals surface area contributed by atoms with Crippen LogP contribution in [0.2, 0.25) is 0 Å². The summed E-state index contributed by atoms with van der Waals surface area (Å²) in [6.45, 7) is 1.91. The highest BCUT2D eigenvalue weighted by Gasteiger charge is 2.44. The van der Waals surface area contributed by atoms with Gasteiger partial charge in [-0.15, -0.1) is 0 Å². The number of piperidine rings is 1. The smallest absolute Gasteiger partial charge is 0.243 e. The molecule has 0 bridgehead atoms. The molecule has 3 aromatic rings. The van der Waals surface area contributed by atoms with Gasteiger partial charge in [0.05, 0.1) is 22.0 Å². The highest BCUT2D eigenvalue weighted by molar-refractivity contribution is 7.89. The first-order chi connectivity index (χ1) is 21.4. The summed E-state index contributed by atoms with van der Waals surface area (Å²) >= 11 is 0. The van der Waals surface area contributed by atoms with Crippen LogP contribution in [0.25, 0.3) is 11.1 Å². The van der Waals surface area contributed by atoms with Crippen LogP contribution >= 0.6 is 0 Å². The zero-order valence-corrected chi connectivity index (χ0v) is 27.3. The molecule has 0 saturated carbocycles. The number of hydrogen-bond donors (Lipinski definition) is 3. The number of hydrogen-bond acceptors (Lipinski definition) is 9. The number of aliphatic hydroxyl groups excluding tert-OH is 1. The molecule has 4 N–H and O–H groups in total. The summed E-state index contributed by atoms with van der Waals surface area (Å²) in [4.78, 5) is 0.389. The Balaban J connectivity index is 1.10. The van der Waals surface area contributed by atoms with Gasteiger partial charge in [-0.1, -0.05) is 42.5 Å². The minimum atomic E-state index is -3.67. The first kappa shape index (κ1) is 33.5. The number of nitrogens with two attached hydrogens (primary N) is 1. The van der Waals surface area contributed by atoms with Crippen LogP contribution in [0.4, 0.5) is 0 Å². The van der Waals surface area contributed by atoms with E-state index in [2.05, 4.69) is 5.32 Å².